The lowest BCUT2D eigenvalue weighted by molar-refractivity contribution is -0.499. The van der Waals surface area contributed by atoms with Gasteiger partial charge in [-0.1, -0.05) is 25.1 Å². The van der Waals surface area contributed by atoms with Crippen LogP contribution in [-0.2, 0) is 4.74 Å². The lowest BCUT2D eigenvalue weighted by Gasteiger charge is -2.18. The highest BCUT2D eigenvalue weighted by Crippen LogP contribution is 2.15. The van der Waals surface area contributed by atoms with E-state index in [1.54, 1.807) is 13.2 Å². The van der Waals surface area contributed by atoms with Gasteiger partial charge in [-0.15, -0.1) is 0 Å². The van der Waals surface area contributed by atoms with Crippen LogP contribution in [0.15, 0.2) is 66.7 Å². The number of para-hydroxylation sites is 1. The molecule has 1 heterocycles. The summed E-state index contributed by atoms with van der Waals surface area (Å²) in [6, 6.07) is 11.6. The smallest absolute Gasteiger partial charge is 0.363 e. The maximum Gasteiger partial charge on any atom is 0.363 e. The normalized spacial score (nSPS) is 19.2. The second-order valence-electron chi connectivity index (χ2n) is 6.10. The highest BCUT2D eigenvalue weighted by atomic mass is 16.5. The van der Waals surface area contributed by atoms with Crippen molar-refractivity contribution in [3.05, 3.63) is 66.7 Å². The number of anilines is 3. The number of benzene rings is 1. The highest BCUT2D eigenvalue weighted by Gasteiger charge is 2.18. The van der Waals surface area contributed by atoms with Crippen LogP contribution in [0.1, 0.15) is 6.92 Å². The fourth-order valence-corrected chi connectivity index (χ4v) is 2.62. The number of hydrazine groups is 1. The molecule has 2 aromatic rings. The number of allylic oxidation sites excluding steroid dienone is 1. The first kappa shape index (κ1) is 18.2. The minimum Gasteiger partial charge on any atom is -0.497 e. The molecule has 0 amide bonds. The monoisotopic (exact) mass is 366 g/mol. The summed E-state index contributed by atoms with van der Waals surface area (Å²) in [6.07, 6.45) is 7.46. The number of rotatable bonds is 6. The van der Waals surface area contributed by atoms with Gasteiger partial charge in [0.15, 0.2) is 5.82 Å². The van der Waals surface area contributed by atoms with Crippen LogP contribution >= 0.6 is 0 Å². The molecule has 0 spiro atoms. The van der Waals surface area contributed by atoms with E-state index in [0.29, 0.717) is 17.6 Å². The first-order valence-corrected chi connectivity index (χ1v) is 8.63. The van der Waals surface area contributed by atoms with E-state index in [2.05, 4.69) is 38.1 Å². The Hall–Kier alpha value is -3.55. The fourth-order valence-electron chi connectivity index (χ4n) is 2.62. The van der Waals surface area contributed by atoms with Crippen LogP contribution < -0.4 is 26.9 Å². The zero-order chi connectivity index (χ0) is 19.1. The Kier molecular flexibility index (Phi) is 5.88. The molecule has 0 fully saturated rings. The summed E-state index contributed by atoms with van der Waals surface area (Å²) in [5.41, 5.74) is 12.9. The maximum atomic E-state index is 6.03. The second-order valence-corrected chi connectivity index (χ2v) is 6.10. The molecular weight excluding hydrogens is 342 g/mol. The number of nitrogens with two attached hydrogens (primary N) is 1. The predicted octanol–water partition coefficient (Wildman–Crippen LogP) is 0.637. The first-order valence-electron chi connectivity index (χ1n) is 8.63. The summed E-state index contributed by atoms with van der Waals surface area (Å²) in [4.78, 5) is 11.6. The third-order valence-corrected chi connectivity index (χ3v) is 4.06. The number of nitrogens with one attached hydrogen (secondary N) is 4. The van der Waals surface area contributed by atoms with Crippen LogP contribution in [0, 0.1) is 5.92 Å². The van der Waals surface area contributed by atoms with Gasteiger partial charge in [0, 0.05) is 17.7 Å². The summed E-state index contributed by atoms with van der Waals surface area (Å²) < 4.78 is 5.23. The van der Waals surface area contributed by atoms with Crippen molar-refractivity contribution in [3.63, 3.8) is 0 Å². The third-order valence-electron chi connectivity index (χ3n) is 4.06. The van der Waals surface area contributed by atoms with Crippen LogP contribution in [0.4, 0.5) is 17.3 Å². The van der Waals surface area contributed by atoms with Crippen molar-refractivity contribution in [2.24, 2.45) is 11.7 Å². The largest absolute Gasteiger partial charge is 0.497 e. The van der Waals surface area contributed by atoms with Crippen molar-refractivity contribution >= 4 is 23.3 Å². The molecule has 6 N–H and O–H groups in total. The minimum absolute atomic E-state index is 0.0684. The minimum atomic E-state index is 0.0684. The molecule has 0 saturated heterocycles. The van der Waals surface area contributed by atoms with E-state index in [4.69, 9.17) is 10.5 Å². The molecular formula is C19H24N7O+. The number of ether oxygens (including phenoxy) is 1. The molecule has 140 valence electrons. The van der Waals surface area contributed by atoms with Crippen LogP contribution in [-0.4, -0.2) is 29.1 Å². The Balaban J connectivity index is 1.57. The van der Waals surface area contributed by atoms with E-state index in [9.17, 15) is 0 Å². The van der Waals surface area contributed by atoms with Crippen molar-refractivity contribution in [1.82, 2.24) is 15.4 Å². The molecule has 1 aliphatic carbocycles. The summed E-state index contributed by atoms with van der Waals surface area (Å²) in [7, 11) is 1.66. The van der Waals surface area contributed by atoms with E-state index >= 15 is 0 Å². The van der Waals surface area contributed by atoms with Crippen LogP contribution in [0.3, 0.4) is 0 Å². The van der Waals surface area contributed by atoms with E-state index in [-0.39, 0.29) is 12.0 Å². The Bertz CT molecular complexity index is 848. The molecule has 3 rings (SSSR count). The number of hydrogen-bond acceptors (Lipinski definition) is 5. The lowest BCUT2D eigenvalue weighted by Crippen LogP contribution is -2.85. The summed E-state index contributed by atoms with van der Waals surface area (Å²) in [5.74, 6) is 2.74. The van der Waals surface area contributed by atoms with Crippen molar-refractivity contribution in [1.29, 1.82) is 0 Å². The van der Waals surface area contributed by atoms with Gasteiger partial charge in [0.1, 0.15) is 17.9 Å². The molecule has 2 atom stereocenters. The summed E-state index contributed by atoms with van der Waals surface area (Å²) in [6.45, 7) is 2.09. The van der Waals surface area contributed by atoms with Crippen LogP contribution in [0.25, 0.3) is 0 Å². The average Bonchev–Trinajstić information content (AvgIpc) is 2.69. The van der Waals surface area contributed by atoms with E-state index in [0.717, 1.165) is 11.4 Å². The molecule has 1 aliphatic rings. The van der Waals surface area contributed by atoms with Gasteiger partial charge in [0.05, 0.1) is 13.2 Å². The van der Waals surface area contributed by atoms with Crippen molar-refractivity contribution in [2.75, 3.05) is 17.9 Å². The van der Waals surface area contributed by atoms with Gasteiger partial charge in [-0.3, -0.25) is 10.7 Å². The van der Waals surface area contributed by atoms with Gasteiger partial charge >= 0.3 is 5.96 Å². The summed E-state index contributed by atoms with van der Waals surface area (Å²) >= 11 is 0. The van der Waals surface area contributed by atoms with Crippen molar-refractivity contribution in [3.8, 4) is 0 Å². The van der Waals surface area contributed by atoms with Gasteiger partial charge in [0.2, 0.25) is 0 Å². The molecule has 8 heteroatoms. The zero-order valence-electron chi connectivity index (χ0n) is 15.3. The molecule has 1 aromatic carbocycles. The zero-order valence-corrected chi connectivity index (χ0v) is 15.3. The van der Waals surface area contributed by atoms with Crippen molar-refractivity contribution in [2.45, 2.75) is 13.0 Å². The standard InChI is InChI=1S/C19H23N7O/c1-13-10-15(27-2)8-9-16(13)24-19(20)26-25-18-11-17(21-12-22-18)23-14-6-4-3-5-7-14/h3-13,16H,1-2H3,(H3,20,24,26)(H2,21,22,23,25)/p+1. The molecule has 0 aliphatic heterocycles. The SMILES string of the molecule is COC1=CC(C)C([NH+]=C(N)NNc2cc(Nc3ccccc3)ncn2)C=C1. The Morgan fingerprint density at radius 3 is 2.70 bits per heavy atom. The Morgan fingerprint density at radius 2 is 1.96 bits per heavy atom. The molecule has 8 nitrogen and oxygen atoms in total. The van der Waals surface area contributed by atoms with E-state index in [1.165, 1.54) is 6.33 Å². The summed E-state index contributed by atoms with van der Waals surface area (Å²) in [5, 5.41) is 3.21. The second kappa shape index (κ2) is 8.70. The van der Waals surface area contributed by atoms with Gasteiger partial charge in [-0.05, 0) is 30.4 Å². The maximum absolute atomic E-state index is 6.03. The Labute approximate surface area is 158 Å². The van der Waals surface area contributed by atoms with E-state index < -0.39 is 0 Å². The number of hydrogen-bond donors (Lipinski definition) is 5. The van der Waals surface area contributed by atoms with Gasteiger partial charge in [-0.25, -0.2) is 15.4 Å². The predicted molar refractivity (Wildman–Crippen MR) is 106 cm³/mol. The number of aromatic nitrogens is 2. The third kappa shape index (κ3) is 5.21. The molecule has 27 heavy (non-hydrogen) atoms. The first-order chi connectivity index (χ1) is 13.1. The number of guanidine groups is 1. The average molecular weight is 366 g/mol. The molecule has 0 bridgehead atoms. The molecule has 0 saturated carbocycles. The van der Waals surface area contributed by atoms with Gasteiger partial charge in [-0.2, -0.15) is 5.43 Å². The van der Waals surface area contributed by atoms with Crippen LogP contribution in [0.5, 0.6) is 0 Å². The number of nitrogens with zero attached hydrogens (tertiary/aromatic N) is 2. The fraction of sp³-hybridized carbons (Fsp3) is 0.211. The number of methoxy groups -OCH3 is 1. The van der Waals surface area contributed by atoms with Crippen LogP contribution in [0.2, 0.25) is 0 Å². The van der Waals surface area contributed by atoms with Crippen molar-refractivity contribution < 1.29 is 9.73 Å². The van der Waals surface area contributed by atoms with E-state index in [1.807, 2.05) is 48.6 Å². The lowest BCUT2D eigenvalue weighted by atomic mass is 9.97. The molecule has 1 aromatic heterocycles. The topological polar surface area (TPSA) is 111 Å². The van der Waals surface area contributed by atoms with Gasteiger partial charge in [0.25, 0.3) is 0 Å². The molecule has 2 unspecified atom stereocenters. The quantitative estimate of drug-likeness (QED) is 0.290. The van der Waals surface area contributed by atoms with Gasteiger partial charge < -0.3 is 10.1 Å². The molecule has 0 radical (unpaired) electrons. The Morgan fingerprint density at radius 1 is 1.19 bits per heavy atom. The highest BCUT2D eigenvalue weighted by molar-refractivity contribution is 5.73.